The first kappa shape index (κ1) is 16.0. The van der Waals surface area contributed by atoms with Gasteiger partial charge >= 0.3 is 0 Å². The summed E-state index contributed by atoms with van der Waals surface area (Å²) >= 11 is 5.88. The lowest BCUT2D eigenvalue weighted by molar-refractivity contribution is -0.117. The number of carbonyl (C=O) groups is 2. The average Bonchev–Trinajstić information content (AvgIpc) is 2.45. The van der Waals surface area contributed by atoms with Crippen molar-refractivity contribution in [3.8, 4) is 0 Å². The predicted octanol–water partition coefficient (Wildman–Crippen LogP) is 2.69. The van der Waals surface area contributed by atoms with E-state index in [1.54, 1.807) is 24.3 Å². The van der Waals surface area contributed by atoms with E-state index in [-0.39, 0.29) is 29.3 Å². The molecular formula is C16H14ClFN2O2. The standard InChI is InChI=1S/C16H14ClFN2O2/c17-13-2-1-3-14(18)12(13)9-16(22)20-11-6-4-10(5-7-11)8-15(19)21/h1-7H,8-9H2,(H2,19,21)(H,20,22). The molecule has 2 amide bonds. The molecule has 0 aliphatic carbocycles. The van der Waals surface area contributed by atoms with Gasteiger partial charge in [-0.2, -0.15) is 0 Å². The molecule has 2 aromatic rings. The zero-order valence-corrected chi connectivity index (χ0v) is 12.4. The highest BCUT2D eigenvalue weighted by atomic mass is 35.5. The molecule has 6 heteroatoms. The van der Waals surface area contributed by atoms with Gasteiger partial charge in [-0.05, 0) is 29.8 Å². The third kappa shape index (κ3) is 4.30. The highest BCUT2D eigenvalue weighted by molar-refractivity contribution is 6.31. The zero-order chi connectivity index (χ0) is 16.1. The van der Waals surface area contributed by atoms with Crippen LogP contribution in [-0.4, -0.2) is 11.8 Å². The summed E-state index contributed by atoms with van der Waals surface area (Å²) < 4.78 is 13.6. The van der Waals surface area contributed by atoms with E-state index in [0.717, 1.165) is 5.56 Å². The Morgan fingerprint density at radius 3 is 2.36 bits per heavy atom. The number of primary amides is 1. The number of anilines is 1. The Morgan fingerprint density at radius 1 is 1.09 bits per heavy atom. The minimum Gasteiger partial charge on any atom is -0.369 e. The van der Waals surface area contributed by atoms with Crippen molar-refractivity contribution in [2.24, 2.45) is 5.73 Å². The minimum atomic E-state index is -0.514. The first-order valence-corrected chi connectivity index (χ1v) is 6.93. The highest BCUT2D eigenvalue weighted by Crippen LogP contribution is 2.20. The molecule has 0 fully saturated rings. The van der Waals surface area contributed by atoms with Gasteiger partial charge in [0, 0.05) is 16.3 Å². The van der Waals surface area contributed by atoms with Crippen LogP contribution >= 0.6 is 11.6 Å². The lowest BCUT2D eigenvalue weighted by Gasteiger charge is -2.08. The van der Waals surface area contributed by atoms with Gasteiger partial charge in [0.1, 0.15) is 5.82 Å². The summed E-state index contributed by atoms with van der Waals surface area (Å²) in [6.45, 7) is 0. The van der Waals surface area contributed by atoms with Crippen LogP contribution in [0.5, 0.6) is 0 Å². The van der Waals surface area contributed by atoms with Crippen LogP contribution in [0.4, 0.5) is 10.1 Å². The van der Waals surface area contributed by atoms with Crippen LogP contribution in [0.2, 0.25) is 5.02 Å². The second-order valence-corrected chi connectivity index (χ2v) is 5.17. The summed E-state index contributed by atoms with van der Waals surface area (Å²) in [7, 11) is 0. The molecule has 0 saturated heterocycles. The van der Waals surface area contributed by atoms with Crippen molar-refractivity contribution < 1.29 is 14.0 Å². The fourth-order valence-electron chi connectivity index (χ4n) is 1.97. The van der Waals surface area contributed by atoms with E-state index in [1.807, 2.05) is 0 Å². The summed E-state index contributed by atoms with van der Waals surface area (Å²) in [4.78, 5) is 22.7. The first-order valence-electron chi connectivity index (χ1n) is 6.55. The van der Waals surface area contributed by atoms with Gasteiger partial charge in [0.2, 0.25) is 11.8 Å². The van der Waals surface area contributed by atoms with Gasteiger partial charge in [0.25, 0.3) is 0 Å². The topological polar surface area (TPSA) is 72.2 Å². The van der Waals surface area contributed by atoms with Gasteiger partial charge < -0.3 is 11.1 Å². The quantitative estimate of drug-likeness (QED) is 0.889. The third-order valence-corrected chi connectivity index (χ3v) is 3.37. The van der Waals surface area contributed by atoms with Gasteiger partial charge in [-0.25, -0.2) is 4.39 Å². The van der Waals surface area contributed by atoms with Crippen molar-refractivity contribution >= 4 is 29.1 Å². The normalized spacial score (nSPS) is 10.3. The van der Waals surface area contributed by atoms with Crippen LogP contribution in [0.3, 0.4) is 0 Å². The second kappa shape index (κ2) is 7.04. The molecule has 2 rings (SSSR count). The molecule has 0 saturated carbocycles. The predicted molar refractivity (Wildman–Crippen MR) is 83.1 cm³/mol. The van der Waals surface area contributed by atoms with Gasteiger partial charge in [-0.1, -0.05) is 29.8 Å². The van der Waals surface area contributed by atoms with Gasteiger partial charge in [0.15, 0.2) is 0 Å². The van der Waals surface area contributed by atoms with E-state index in [0.29, 0.717) is 5.69 Å². The van der Waals surface area contributed by atoms with Crippen molar-refractivity contribution in [1.29, 1.82) is 0 Å². The average molecular weight is 321 g/mol. The summed E-state index contributed by atoms with van der Waals surface area (Å²) in [6.07, 6.45) is -0.0202. The van der Waals surface area contributed by atoms with Crippen LogP contribution in [0.25, 0.3) is 0 Å². The smallest absolute Gasteiger partial charge is 0.228 e. The molecule has 0 atom stereocenters. The molecule has 0 heterocycles. The van der Waals surface area contributed by atoms with E-state index in [1.165, 1.54) is 18.2 Å². The Balaban J connectivity index is 2.01. The molecule has 2 aromatic carbocycles. The van der Waals surface area contributed by atoms with E-state index in [4.69, 9.17) is 17.3 Å². The number of benzene rings is 2. The monoisotopic (exact) mass is 320 g/mol. The van der Waals surface area contributed by atoms with Crippen molar-refractivity contribution in [3.05, 3.63) is 64.4 Å². The summed E-state index contributed by atoms with van der Waals surface area (Å²) in [5.74, 6) is -1.32. The maximum absolute atomic E-state index is 13.6. The first-order chi connectivity index (χ1) is 10.5. The van der Waals surface area contributed by atoms with Crippen molar-refractivity contribution in [2.45, 2.75) is 12.8 Å². The summed E-state index contributed by atoms with van der Waals surface area (Å²) in [5, 5.41) is 2.86. The van der Waals surface area contributed by atoms with Crippen molar-refractivity contribution in [2.75, 3.05) is 5.32 Å². The molecule has 0 bridgehead atoms. The second-order valence-electron chi connectivity index (χ2n) is 4.77. The number of carbonyl (C=O) groups excluding carboxylic acids is 2. The maximum Gasteiger partial charge on any atom is 0.228 e. The molecule has 0 spiro atoms. The van der Waals surface area contributed by atoms with Crippen LogP contribution in [-0.2, 0) is 22.4 Å². The molecular weight excluding hydrogens is 307 g/mol. The van der Waals surface area contributed by atoms with E-state index < -0.39 is 11.7 Å². The molecule has 22 heavy (non-hydrogen) atoms. The Bertz CT molecular complexity index is 682. The van der Waals surface area contributed by atoms with Crippen LogP contribution in [0, 0.1) is 5.82 Å². The number of halogens is 2. The van der Waals surface area contributed by atoms with Crippen LogP contribution in [0.1, 0.15) is 11.1 Å². The summed E-state index contributed by atoms with van der Waals surface area (Å²) in [6, 6.07) is 11.0. The number of nitrogens with two attached hydrogens (primary N) is 1. The van der Waals surface area contributed by atoms with Crippen LogP contribution < -0.4 is 11.1 Å². The van der Waals surface area contributed by atoms with E-state index in [2.05, 4.69) is 5.32 Å². The molecule has 0 radical (unpaired) electrons. The Morgan fingerprint density at radius 2 is 1.77 bits per heavy atom. The third-order valence-electron chi connectivity index (χ3n) is 3.02. The van der Waals surface area contributed by atoms with E-state index >= 15 is 0 Å². The molecule has 0 aliphatic rings. The molecule has 114 valence electrons. The number of rotatable bonds is 5. The minimum absolute atomic E-state index is 0.138. The van der Waals surface area contributed by atoms with Gasteiger partial charge in [0.05, 0.1) is 12.8 Å². The molecule has 0 aromatic heterocycles. The maximum atomic E-state index is 13.6. The fourth-order valence-corrected chi connectivity index (χ4v) is 2.20. The largest absolute Gasteiger partial charge is 0.369 e. The fraction of sp³-hybridized carbons (Fsp3) is 0.125. The molecule has 0 aliphatic heterocycles. The van der Waals surface area contributed by atoms with Gasteiger partial charge in [-0.15, -0.1) is 0 Å². The summed E-state index contributed by atoms with van der Waals surface area (Å²) in [5.41, 5.74) is 6.56. The number of hydrogen-bond donors (Lipinski definition) is 2. The number of nitrogens with one attached hydrogen (secondary N) is 1. The lowest BCUT2D eigenvalue weighted by Crippen LogP contribution is -2.16. The van der Waals surface area contributed by atoms with Crippen LogP contribution in [0.15, 0.2) is 42.5 Å². The van der Waals surface area contributed by atoms with Crippen molar-refractivity contribution in [1.82, 2.24) is 0 Å². The Hall–Kier alpha value is -2.40. The molecule has 3 N–H and O–H groups in total. The van der Waals surface area contributed by atoms with E-state index in [9.17, 15) is 14.0 Å². The Labute approximate surface area is 132 Å². The lowest BCUT2D eigenvalue weighted by atomic mass is 10.1. The van der Waals surface area contributed by atoms with Gasteiger partial charge in [-0.3, -0.25) is 9.59 Å². The highest BCUT2D eigenvalue weighted by Gasteiger charge is 2.12. The van der Waals surface area contributed by atoms with Crippen molar-refractivity contribution in [3.63, 3.8) is 0 Å². The number of hydrogen-bond acceptors (Lipinski definition) is 2. The number of amides is 2. The molecule has 4 nitrogen and oxygen atoms in total. The molecule has 0 unspecified atom stereocenters. The SMILES string of the molecule is NC(=O)Cc1ccc(NC(=O)Cc2c(F)cccc2Cl)cc1. The zero-order valence-electron chi connectivity index (χ0n) is 11.6. The Kier molecular flexibility index (Phi) is 5.12.